The van der Waals surface area contributed by atoms with Crippen molar-refractivity contribution in [2.75, 3.05) is 17.2 Å². The monoisotopic (exact) mass is 469 g/mol. The van der Waals surface area contributed by atoms with E-state index < -0.39 is 24.0 Å². The minimum absolute atomic E-state index is 0.0241. The molecule has 4 N–H and O–H groups in total. The third-order valence-electron chi connectivity index (χ3n) is 4.86. The van der Waals surface area contributed by atoms with Crippen LogP contribution in [-0.4, -0.2) is 54.9 Å². The molecule has 0 unspecified atom stereocenters. The number of amides is 1. The summed E-state index contributed by atoms with van der Waals surface area (Å²) in [7, 11) is 0. The maximum absolute atomic E-state index is 14.7. The van der Waals surface area contributed by atoms with E-state index >= 15 is 0 Å². The van der Waals surface area contributed by atoms with E-state index in [2.05, 4.69) is 36.2 Å². The average molecular weight is 469 g/mol. The number of hydrogen-bond acceptors (Lipinski definition) is 9. The van der Waals surface area contributed by atoms with E-state index in [1.807, 2.05) is 19.9 Å². The van der Waals surface area contributed by atoms with E-state index in [-0.39, 0.29) is 17.2 Å². The first-order valence-electron chi connectivity index (χ1n) is 10.5. The van der Waals surface area contributed by atoms with E-state index in [1.165, 1.54) is 17.1 Å². The second kappa shape index (κ2) is 10.9. The average Bonchev–Trinajstić information content (AvgIpc) is 3.34. The molecule has 0 saturated heterocycles. The standard InChI is InChI=1S/C21H24FN9O3/c1-4-16(12(3)26-21(32)33)28-19-15(22)8-13(10-23)18(29-19)27-14-9-17(31-7-6-25-30-31)20(24-11-14)34-5-2/h6-9,11-12,16,26H,4-5H2,1-3H3,(H,32,33)(H2,27,28,29)/t12-,16+/m0/s1. The topological polar surface area (TPSA) is 163 Å². The SMILES string of the molecule is CCOc1ncc(Nc2nc(N[C@H](CC)[C@H](C)NC(=O)O)c(F)cc2C#N)cc1-n1ccnn1. The first-order chi connectivity index (χ1) is 16.4. The fourth-order valence-corrected chi connectivity index (χ4v) is 3.22. The molecule has 34 heavy (non-hydrogen) atoms. The Morgan fingerprint density at radius 3 is 2.76 bits per heavy atom. The quantitative estimate of drug-likeness (QED) is 0.347. The Morgan fingerprint density at radius 1 is 1.35 bits per heavy atom. The number of pyridine rings is 2. The van der Waals surface area contributed by atoms with Gasteiger partial charge in [0.05, 0.1) is 36.4 Å². The highest BCUT2D eigenvalue weighted by Gasteiger charge is 2.21. The number of anilines is 3. The third kappa shape index (κ3) is 5.66. The fraction of sp³-hybridized carbons (Fsp3) is 0.333. The van der Waals surface area contributed by atoms with Gasteiger partial charge in [-0.1, -0.05) is 12.1 Å². The van der Waals surface area contributed by atoms with Gasteiger partial charge in [0.1, 0.15) is 11.8 Å². The largest absolute Gasteiger partial charge is 0.476 e. The second-order valence-corrected chi connectivity index (χ2v) is 7.18. The van der Waals surface area contributed by atoms with E-state index in [0.29, 0.717) is 30.3 Å². The van der Waals surface area contributed by atoms with Gasteiger partial charge in [0.25, 0.3) is 0 Å². The molecule has 0 aliphatic heterocycles. The lowest BCUT2D eigenvalue weighted by molar-refractivity contribution is 0.189. The van der Waals surface area contributed by atoms with Crippen LogP contribution >= 0.6 is 0 Å². The molecule has 1 amide bonds. The second-order valence-electron chi connectivity index (χ2n) is 7.18. The number of nitrogens with zero attached hydrogens (tertiary/aromatic N) is 6. The zero-order chi connectivity index (χ0) is 24.7. The predicted molar refractivity (Wildman–Crippen MR) is 121 cm³/mol. The number of nitrogens with one attached hydrogen (secondary N) is 3. The minimum atomic E-state index is -1.19. The highest BCUT2D eigenvalue weighted by molar-refractivity contribution is 5.67. The number of halogens is 1. The van der Waals surface area contributed by atoms with Gasteiger partial charge in [-0.2, -0.15) is 5.26 Å². The molecule has 0 bridgehead atoms. The molecule has 13 heteroatoms. The molecule has 3 heterocycles. The lowest BCUT2D eigenvalue weighted by Gasteiger charge is -2.25. The summed E-state index contributed by atoms with van der Waals surface area (Å²) < 4.78 is 21.7. The molecule has 0 aliphatic rings. The molecule has 0 radical (unpaired) electrons. The summed E-state index contributed by atoms with van der Waals surface area (Å²) in [5.41, 5.74) is 0.926. The summed E-state index contributed by atoms with van der Waals surface area (Å²) in [6.45, 7) is 5.71. The Kier molecular flexibility index (Phi) is 7.75. The molecular weight excluding hydrogens is 445 g/mol. The first-order valence-corrected chi connectivity index (χ1v) is 10.5. The number of carboxylic acid groups (broad SMARTS) is 1. The normalized spacial score (nSPS) is 12.3. The highest BCUT2D eigenvalue weighted by Crippen LogP contribution is 2.28. The lowest BCUT2D eigenvalue weighted by atomic mass is 10.1. The van der Waals surface area contributed by atoms with Gasteiger partial charge in [0.15, 0.2) is 17.5 Å². The van der Waals surface area contributed by atoms with Crippen LogP contribution in [0.1, 0.15) is 32.8 Å². The van der Waals surface area contributed by atoms with Gasteiger partial charge in [0, 0.05) is 12.1 Å². The van der Waals surface area contributed by atoms with Crippen LogP contribution in [0.25, 0.3) is 5.69 Å². The van der Waals surface area contributed by atoms with E-state index in [9.17, 15) is 14.4 Å². The van der Waals surface area contributed by atoms with E-state index in [1.54, 1.807) is 19.2 Å². The van der Waals surface area contributed by atoms with Crippen LogP contribution in [0, 0.1) is 17.1 Å². The van der Waals surface area contributed by atoms with Crippen molar-refractivity contribution in [3.63, 3.8) is 0 Å². The Labute approximate surface area is 194 Å². The van der Waals surface area contributed by atoms with Crippen molar-refractivity contribution in [2.45, 2.75) is 39.3 Å². The van der Waals surface area contributed by atoms with Gasteiger partial charge < -0.3 is 25.8 Å². The van der Waals surface area contributed by atoms with Crippen LogP contribution < -0.4 is 20.7 Å². The van der Waals surface area contributed by atoms with Gasteiger partial charge in [-0.25, -0.2) is 23.8 Å². The Balaban J connectivity index is 1.93. The predicted octanol–water partition coefficient (Wildman–Crippen LogP) is 3.06. The summed E-state index contributed by atoms with van der Waals surface area (Å²) in [5.74, 6) is -0.436. The van der Waals surface area contributed by atoms with Gasteiger partial charge in [0.2, 0.25) is 5.88 Å². The van der Waals surface area contributed by atoms with E-state index in [0.717, 1.165) is 6.07 Å². The first kappa shape index (κ1) is 24.2. The molecule has 0 fully saturated rings. The van der Waals surface area contributed by atoms with Gasteiger partial charge in [-0.3, -0.25) is 0 Å². The highest BCUT2D eigenvalue weighted by atomic mass is 19.1. The molecule has 0 spiro atoms. The Morgan fingerprint density at radius 2 is 2.15 bits per heavy atom. The maximum Gasteiger partial charge on any atom is 0.404 e. The molecule has 0 aliphatic carbocycles. The summed E-state index contributed by atoms with van der Waals surface area (Å²) in [4.78, 5) is 19.5. The number of rotatable bonds is 10. The molecule has 3 aromatic rings. The van der Waals surface area contributed by atoms with E-state index in [4.69, 9.17) is 9.84 Å². The molecule has 0 aromatic carbocycles. The summed E-state index contributed by atoms with van der Waals surface area (Å²) in [6, 6.07) is 3.70. The van der Waals surface area contributed by atoms with Crippen LogP contribution in [0.15, 0.2) is 30.7 Å². The molecule has 12 nitrogen and oxygen atoms in total. The van der Waals surface area contributed by atoms with Gasteiger partial charge in [-0.05, 0) is 32.4 Å². The van der Waals surface area contributed by atoms with Crippen molar-refractivity contribution in [1.82, 2.24) is 30.3 Å². The van der Waals surface area contributed by atoms with Crippen molar-refractivity contribution in [3.8, 4) is 17.6 Å². The number of aromatic nitrogens is 5. The zero-order valence-electron chi connectivity index (χ0n) is 18.8. The molecular formula is C21H24FN9O3. The summed E-state index contributed by atoms with van der Waals surface area (Å²) in [5, 5.41) is 34.5. The molecule has 0 saturated carbocycles. The lowest BCUT2D eigenvalue weighted by Crippen LogP contribution is -2.44. The van der Waals surface area contributed by atoms with Crippen LogP contribution in [0.3, 0.4) is 0 Å². The third-order valence-corrected chi connectivity index (χ3v) is 4.86. The number of carbonyl (C=O) groups is 1. The maximum atomic E-state index is 14.7. The van der Waals surface area contributed by atoms with Crippen molar-refractivity contribution in [2.24, 2.45) is 0 Å². The van der Waals surface area contributed by atoms with Crippen LogP contribution in [0.4, 0.5) is 26.5 Å². The number of nitriles is 1. The molecule has 2 atom stereocenters. The van der Waals surface area contributed by atoms with Crippen LogP contribution in [0.2, 0.25) is 0 Å². The summed E-state index contributed by atoms with van der Waals surface area (Å²) in [6.07, 6.45) is 3.93. The minimum Gasteiger partial charge on any atom is -0.476 e. The van der Waals surface area contributed by atoms with Crippen molar-refractivity contribution in [3.05, 3.63) is 42.1 Å². The van der Waals surface area contributed by atoms with Crippen molar-refractivity contribution < 1.29 is 19.0 Å². The Bertz CT molecular complexity index is 1180. The Hall–Kier alpha value is -4.47. The number of ether oxygens (including phenoxy) is 1. The summed E-state index contributed by atoms with van der Waals surface area (Å²) >= 11 is 0. The van der Waals surface area contributed by atoms with Crippen LogP contribution in [-0.2, 0) is 0 Å². The van der Waals surface area contributed by atoms with Gasteiger partial charge in [-0.15, -0.1) is 5.10 Å². The fourth-order valence-electron chi connectivity index (χ4n) is 3.22. The van der Waals surface area contributed by atoms with Crippen LogP contribution in [0.5, 0.6) is 5.88 Å². The van der Waals surface area contributed by atoms with Crippen molar-refractivity contribution in [1.29, 1.82) is 5.26 Å². The molecule has 3 aromatic heterocycles. The molecule has 3 rings (SSSR count). The van der Waals surface area contributed by atoms with Crippen molar-refractivity contribution >= 4 is 23.4 Å². The van der Waals surface area contributed by atoms with Gasteiger partial charge >= 0.3 is 6.09 Å². The number of hydrogen-bond donors (Lipinski definition) is 4. The molecule has 178 valence electrons. The zero-order valence-corrected chi connectivity index (χ0v) is 18.8. The smallest absolute Gasteiger partial charge is 0.404 e.